The van der Waals surface area contributed by atoms with Crippen molar-refractivity contribution in [3.05, 3.63) is 121 Å². The molecule has 0 spiro atoms. The van der Waals surface area contributed by atoms with Gasteiger partial charge in [0.05, 0.1) is 66.3 Å². The number of hydrogen-bond acceptors (Lipinski definition) is 14. The Morgan fingerprint density at radius 3 is 1.52 bits per heavy atom. The summed E-state index contributed by atoms with van der Waals surface area (Å²) in [6.45, 7) is 6.37. The summed E-state index contributed by atoms with van der Waals surface area (Å²) in [7, 11) is 9.33. The molecule has 4 aromatic carbocycles. The number of methoxy groups -OCH3 is 6. The molecule has 17 nitrogen and oxygen atoms in total. The SMILES string of the molecule is COC(C(=O)O)c1ccc(N2CCOCC2)cc1.COc1ccc(-c2ccn(C(=O)C(OC)c3ccc(N4CCOCC4)cc3)n2)cc1OC.COc1ccc(-c2ccn[nH]2)cc1OC. The smallest absolute Gasteiger partial charge is 0.337 e. The van der Waals surface area contributed by atoms with Gasteiger partial charge in [-0.15, -0.1) is 0 Å². The van der Waals surface area contributed by atoms with Crippen LogP contribution in [0.2, 0.25) is 0 Å². The number of carbonyl (C=O) groups excluding carboxylic acids is 1. The molecule has 65 heavy (non-hydrogen) atoms. The summed E-state index contributed by atoms with van der Waals surface area (Å²) in [5.41, 5.74) is 7.06. The molecular weight excluding hydrogens is 837 g/mol. The quantitative estimate of drug-likeness (QED) is 0.116. The van der Waals surface area contributed by atoms with Crippen LogP contribution in [-0.4, -0.2) is 132 Å². The fraction of sp³-hybridized carbons (Fsp3) is 0.333. The van der Waals surface area contributed by atoms with Crippen LogP contribution in [0.3, 0.4) is 0 Å². The van der Waals surface area contributed by atoms with E-state index in [1.165, 1.54) is 18.9 Å². The maximum atomic E-state index is 13.1. The van der Waals surface area contributed by atoms with Crippen LogP contribution in [0.5, 0.6) is 23.0 Å². The van der Waals surface area contributed by atoms with Crippen LogP contribution < -0.4 is 28.7 Å². The van der Waals surface area contributed by atoms with E-state index in [9.17, 15) is 9.59 Å². The van der Waals surface area contributed by atoms with Gasteiger partial charge < -0.3 is 52.8 Å². The molecule has 344 valence electrons. The number of rotatable bonds is 14. The molecule has 8 rings (SSSR count). The van der Waals surface area contributed by atoms with Crippen LogP contribution in [0.4, 0.5) is 11.4 Å². The van der Waals surface area contributed by atoms with Gasteiger partial charge in [-0.3, -0.25) is 9.89 Å². The van der Waals surface area contributed by atoms with Gasteiger partial charge in [-0.2, -0.15) is 10.2 Å². The van der Waals surface area contributed by atoms with Crippen molar-refractivity contribution in [3.63, 3.8) is 0 Å². The number of aromatic amines is 1. The van der Waals surface area contributed by atoms with Gasteiger partial charge in [0.1, 0.15) is 0 Å². The summed E-state index contributed by atoms with van der Waals surface area (Å²) in [5, 5.41) is 20.3. The van der Waals surface area contributed by atoms with Crippen LogP contribution in [-0.2, 0) is 23.7 Å². The van der Waals surface area contributed by atoms with E-state index < -0.39 is 18.2 Å². The Bertz CT molecular complexity index is 2400. The fourth-order valence-corrected chi connectivity index (χ4v) is 7.26. The Labute approximate surface area is 378 Å². The van der Waals surface area contributed by atoms with Crippen LogP contribution >= 0.6 is 0 Å². The van der Waals surface area contributed by atoms with Gasteiger partial charge in [0.25, 0.3) is 5.91 Å². The molecule has 0 amide bonds. The minimum atomic E-state index is -0.975. The number of morpholine rings is 2. The highest BCUT2D eigenvalue weighted by Crippen LogP contribution is 2.33. The zero-order valence-electron chi connectivity index (χ0n) is 37.5. The molecule has 2 N–H and O–H groups in total. The number of carboxylic acid groups (broad SMARTS) is 1. The average molecular weight is 893 g/mol. The zero-order valence-corrected chi connectivity index (χ0v) is 37.5. The maximum absolute atomic E-state index is 13.1. The number of benzene rings is 4. The van der Waals surface area contributed by atoms with Crippen molar-refractivity contribution in [2.45, 2.75) is 12.2 Å². The van der Waals surface area contributed by atoms with E-state index in [0.29, 0.717) is 28.5 Å². The van der Waals surface area contributed by atoms with Gasteiger partial charge in [-0.25, -0.2) is 9.48 Å². The molecule has 2 aliphatic rings. The monoisotopic (exact) mass is 892 g/mol. The Morgan fingerprint density at radius 2 is 1.08 bits per heavy atom. The maximum Gasteiger partial charge on any atom is 0.337 e. The number of hydrogen-bond donors (Lipinski definition) is 2. The summed E-state index contributed by atoms with van der Waals surface area (Å²) >= 11 is 0. The van der Waals surface area contributed by atoms with E-state index in [4.69, 9.17) is 43.0 Å². The van der Waals surface area contributed by atoms with E-state index in [0.717, 1.165) is 92.1 Å². The number of ether oxygens (including phenoxy) is 8. The molecule has 17 heteroatoms. The predicted molar refractivity (Wildman–Crippen MR) is 245 cm³/mol. The highest BCUT2D eigenvalue weighted by molar-refractivity contribution is 5.84. The second-order valence-electron chi connectivity index (χ2n) is 14.5. The fourth-order valence-electron chi connectivity index (χ4n) is 7.26. The van der Waals surface area contributed by atoms with Crippen molar-refractivity contribution < 1.29 is 52.6 Å². The van der Waals surface area contributed by atoms with Crippen molar-refractivity contribution in [1.82, 2.24) is 20.0 Å². The largest absolute Gasteiger partial charge is 0.493 e. The Kier molecular flexibility index (Phi) is 17.3. The van der Waals surface area contributed by atoms with Gasteiger partial charge in [-0.05, 0) is 83.9 Å². The highest BCUT2D eigenvalue weighted by atomic mass is 16.5. The lowest BCUT2D eigenvalue weighted by Gasteiger charge is -2.29. The Morgan fingerprint density at radius 1 is 0.600 bits per heavy atom. The number of aliphatic carboxylic acids is 1. The van der Waals surface area contributed by atoms with E-state index in [2.05, 4.69) is 25.1 Å². The van der Waals surface area contributed by atoms with Crippen molar-refractivity contribution >= 4 is 23.3 Å². The Balaban J connectivity index is 0.000000178. The summed E-state index contributed by atoms with van der Waals surface area (Å²) in [6, 6.07) is 30.3. The van der Waals surface area contributed by atoms with Gasteiger partial charge in [0, 0.05) is 75.3 Å². The molecule has 0 bridgehead atoms. The minimum Gasteiger partial charge on any atom is -0.493 e. The van der Waals surface area contributed by atoms with E-state index in [-0.39, 0.29) is 5.91 Å². The first-order valence-electron chi connectivity index (χ1n) is 20.9. The molecule has 4 heterocycles. The molecule has 0 saturated carbocycles. The summed E-state index contributed by atoms with van der Waals surface area (Å²) in [6.07, 6.45) is 1.70. The van der Waals surface area contributed by atoms with Crippen LogP contribution in [0.15, 0.2) is 109 Å². The molecular formula is C48H56N6O11. The third kappa shape index (κ3) is 12.2. The molecule has 2 unspecified atom stereocenters. The van der Waals surface area contributed by atoms with E-state index in [1.807, 2.05) is 78.9 Å². The van der Waals surface area contributed by atoms with Crippen LogP contribution in [0.25, 0.3) is 22.5 Å². The normalized spacial score (nSPS) is 14.4. The predicted octanol–water partition coefficient (Wildman–Crippen LogP) is 6.82. The second-order valence-corrected chi connectivity index (χ2v) is 14.5. The number of carboxylic acids is 1. The van der Waals surface area contributed by atoms with Crippen LogP contribution in [0.1, 0.15) is 28.1 Å². The third-order valence-corrected chi connectivity index (χ3v) is 10.8. The molecule has 2 saturated heterocycles. The van der Waals surface area contributed by atoms with E-state index in [1.54, 1.807) is 59.0 Å². The van der Waals surface area contributed by atoms with Gasteiger partial charge in [-0.1, -0.05) is 24.3 Å². The summed E-state index contributed by atoms with van der Waals surface area (Å²) in [5.74, 6) is 1.42. The first-order valence-corrected chi connectivity index (χ1v) is 20.9. The zero-order chi connectivity index (χ0) is 46.1. The Hall–Kier alpha value is -6.92. The first-order chi connectivity index (χ1) is 31.7. The molecule has 0 radical (unpaired) electrons. The lowest BCUT2D eigenvalue weighted by Crippen LogP contribution is -2.36. The number of aromatic nitrogens is 4. The number of anilines is 2. The number of carbonyl (C=O) groups is 2. The van der Waals surface area contributed by atoms with E-state index >= 15 is 0 Å². The number of H-pyrrole nitrogens is 1. The van der Waals surface area contributed by atoms with Crippen molar-refractivity contribution in [2.75, 3.05) is 105 Å². The van der Waals surface area contributed by atoms with Crippen LogP contribution in [0, 0.1) is 0 Å². The lowest BCUT2D eigenvalue weighted by molar-refractivity contribution is -0.148. The lowest BCUT2D eigenvalue weighted by atomic mass is 10.1. The first kappa shape index (κ1) is 47.6. The number of nitrogens with zero attached hydrogens (tertiary/aromatic N) is 5. The third-order valence-electron chi connectivity index (χ3n) is 10.8. The van der Waals surface area contributed by atoms with Gasteiger partial charge in [0.15, 0.2) is 35.2 Å². The highest BCUT2D eigenvalue weighted by Gasteiger charge is 2.24. The molecule has 2 aliphatic heterocycles. The number of nitrogens with one attached hydrogen (secondary N) is 1. The van der Waals surface area contributed by atoms with Crippen molar-refractivity contribution in [2.24, 2.45) is 0 Å². The molecule has 0 aliphatic carbocycles. The molecule has 2 atom stereocenters. The molecule has 6 aromatic rings. The molecule has 2 aromatic heterocycles. The summed E-state index contributed by atoms with van der Waals surface area (Å²) in [4.78, 5) is 28.6. The average Bonchev–Trinajstić information content (AvgIpc) is 4.10. The van der Waals surface area contributed by atoms with Crippen molar-refractivity contribution in [1.29, 1.82) is 0 Å². The molecule has 2 fully saturated rings. The van der Waals surface area contributed by atoms with Crippen molar-refractivity contribution in [3.8, 4) is 45.5 Å². The van der Waals surface area contributed by atoms with Gasteiger partial charge >= 0.3 is 5.97 Å². The standard InChI is InChI=1S/C24H27N3O5.C13H17NO4.C11H12N2O2/c1-29-21-9-6-18(16-22(21)30-2)20-10-11-27(25-20)24(28)23(31-3)17-4-7-19(8-5-17)26-12-14-32-15-13-26;1-17-12(13(15)16)10-2-4-11(5-3-10)14-6-8-18-9-7-14;1-14-10-4-3-8(7-11(10)15-2)9-5-6-12-13-9/h4-11,16,23H,12-15H2,1-3H3;2-5,12H,6-9H2,1H3,(H,15,16);3-7H,1-2H3,(H,12,13). The summed E-state index contributed by atoms with van der Waals surface area (Å²) < 4.78 is 43.5. The van der Waals surface area contributed by atoms with Gasteiger partial charge in [0.2, 0.25) is 0 Å². The minimum absolute atomic E-state index is 0.265. The topological polar surface area (TPSA) is 181 Å². The second kappa shape index (κ2) is 23.7.